The first-order chi connectivity index (χ1) is 13.3. The molecule has 0 radical (unpaired) electrons. The molecule has 0 saturated carbocycles. The van der Waals surface area contributed by atoms with E-state index in [-0.39, 0.29) is 0 Å². The zero-order valence-electron chi connectivity index (χ0n) is 14.9. The van der Waals surface area contributed by atoms with E-state index in [0.717, 1.165) is 46.0 Å². The summed E-state index contributed by atoms with van der Waals surface area (Å²) in [4.78, 5) is 12.7. The number of rotatable bonds is 2. The smallest absolute Gasteiger partial charge is 0.262 e. The molecule has 0 fully saturated rings. The molecule has 0 aliphatic heterocycles. The maximum atomic E-state index is 8.08. The highest BCUT2D eigenvalue weighted by molar-refractivity contribution is 6.09. The van der Waals surface area contributed by atoms with Gasteiger partial charge in [0.05, 0.1) is 13.5 Å². The van der Waals surface area contributed by atoms with E-state index < -0.39 is 5.54 Å². The number of fused-ring (bicyclic) bond motifs is 4. The van der Waals surface area contributed by atoms with Crippen LogP contribution in [-0.2, 0) is 18.4 Å². The van der Waals surface area contributed by atoms with Gasteiger partial charge in [0, 0.05) is 40.2 Å². The largest absolute Gasteiger partial charge is 0.493 e. The van der Waals surface area contributed by atoms with Gasteiger partial charge >= 0.3 is 0 Å². The van der Waals surface area contributed by atoms with Gasteiger partial charge in [0.25, 0.3) is 5.54 Å². The number of ether oxygens (including phenoxy) is 1. The molecule has 0 amide bonds. The molecule has 5 heteroatoms. The van der Waals surface area contributed by atoms with E-state index in [2.05, 4.69) is 14.8 Å². The van der Waals surface area contributed by atoms with Gasteiger partial charge in [-0.15, -0.1) is 0 Å². The minimum Gasteiger partial charge on any atom is -0.493 e. The lowest BCUT2D eigenvalue weighted by Gasteiger charge is -2.28. The standard InChI is InChI=1S/C22H17N3O2/c1-23-22(10-9-17-14(11-22)12-24-13-25-17)16-7-8-19(26-2)21-20(16)15-5-3-4-6-18(15)27-21/h3-8,12-13H,9-11H2,2H3. The molecule has 1 atom stereocenters. The molecule has 5 rings (SSSR count). The Morgan fingerprint density at radius 3 is 2.96 bits per heavy atom. The fourth-order valence-corrected chi connectivity index (χ4v) is 4.22. The number of nitrogens with zero attached hydrogens (tertiary/aromatic N) is 3. The van der Waals surface area contributed by atoms with Crippen molar-refractivity contribution in [2.75, 3.05) is 7.11 Å². The normalized spacial score (nSPS) is 19.0. The summed E-state index contributed by atoms with van der Waals surface area (Å²) in [6, 6.07) is 11.9. The minimum atomic E-state index is -0.658. The van der Waals surface area contributed by atoms with Crippen LogP contribution >= 0.6 is 0 Å². The third-order valence-corrected chi connectivity index (χ3v) is 5.56. The Labute approximate surface area is 156 Å². The second kappa shape index (κ2) is 5.82. The van der Waals surface area contributed by atoms with E-state index in [1.807, 2.05) is 42.6 Å². The van der Waals surface area contributed by atoms with Crippen LogP contribution < -0.4 is 4.74 Å². The monoisotopic (exact) mass is 355 g/mol. The zero-order chi connectivity index (χ0) is 18.4. The second-order valence-corrected chi connectivity index (χ2v) is 6.93. The summed E-state index contributed by atoms with van der Waals surface area (Å²) in [6.45, 7) is 8.08. The van der Waals surface area contributed by atoms with E-state index in [1.165, 1.54) is 0 Å². The van der Waals surface area contributed by atoms with Crippen LogP contribution in [0.3, 0.4) is 0 Å². The lowest BCUT2D eigenvalue weighted by Crippen LogP contribution is -2.31. The fraction of sp³-hybridized carbons (Fsp3) is 0.227. The third-order valence-electron chi connectivity index (χ3n) is 5.56. The van der Waals surface area contributed by atoms with Gasteiger partial charge in [-0.25, -0.2) is 16.5 Å². The van der Waals surface area contributed by atoms with Crippen LogP contribution in [-0.4, -0.2) is 17.1 Å². The molecule has 0 N–H and O–H groups in total. The first-order valence-electron chi connectivity index (χ1n) is 8.91. The van der Waals surface area contributed by atoms with E-state index in [4.69, 9.17) is 15.7 Å². The third kappa shape index (κ3) is 2.23. The van der Waals surface area contributed by atoms with Gasteiger partial charge < -0.3 is 14.0 Å². The van der Waals surface area contributed by atoms with E-state index in [0.29, 0.717) is 17.8 Å². The van der Waals surface area contributed by atoms with Crippen molar-refractivity contribution < 1.29 is 9.15 Å². The van der Waals surface area contributed by atoms with E-state index in [1.54, 1.807) is 13.4 Å². The molecule has 1 aliphatic rings. The predicted molar refractivity (Wildman–Crippen MR) is 103 cm³/mol. The lowest BCUT2D eigenvalue weighted by atomic mass is 9.75. The van der Waals surface area contributed by atoms with Crippen molar-refractivity contribution in [3.8, 4) is 5.75 Å². The van der Waals surface area contributed by atoms with Crippen LogP contribution in [0.2, 0.25) is 0 Å². The van der Waals surface area contributed by atoms with Crippen molar-refractivity contribution in [2.24, 2.45) is 0 Å². The van der Waals surface area contributed by atoms with Gasteiger partial charge in [0.1, 0.15) is 11.9 Å². The second-order valence-electron chi connectivity index (χ2n) is 6.93. The Bertz CT molecular complexity index is 1220. The summed E-state index contributed by atoms with van der Waals surface area (Å²) in [7, 11) is 1.64. The van der Waals surface area contributed by atoms with Gasteiger partial charge in [-0.2, -0.15) is 0 Å². The average molecular weight is 355 g/mol. The molecule has 1 aliphatic carbocycles. The van der Waals surface area contributed by atoms with Crippen LogP contribution in [0.4, 0.5) is 0 Å². The Kier molecular flexibility index (Phi) is 3.41. The van der Waals surface area contributed by atoms with Crippen molar-refractivity contribution in [2.45, 2.75) is 24.8 Å². The van der Waals surface area contributed by atoms with Gasteiger partial charge in [0.2, 0.25) is 0 Å². The molecule has 2 heterocycles. The van der Waals surface area contributed by atoms with Crippen molar-refractivity contribution in [1.82, 2.24) is 9.97 Å². The fourth-order valence-electron chi connectivity index (χ4n) is 4.22. The number of aromatic nitrogens is 2. The first-order valence-corrected chi connectivity index (χ1v) is 8.91. The average Bonchev–Trinajstić information content (AvgIpc) is 3.12. The number of hydrogen-bond donors (Lipinski definition) is 0. The Hall–Kier alpha value is -3.39. The molecular weight excluding hydrogens is 338 g/mol. The number of para-hydroxylation sites is 1. The van der Waals surface area contributed by atoms with E-state index >= 15 is 0 Å². The van der Waals surface area contributed by atoms with Crippen molar-refractivity contribution in [1.29, 1.82) is 0 Å². The predicted octanol–water partition coefficient (Wildman–Crippen LogP) is 4.69. The Balaban J connectivity index is 1.81. The highest BCUT2D eigenvalue weighted by Gasteiger charge is 2.45. The van der Waals surface area contributed by atoms with Crippen molar-refractivity contribution >= 4 is 21.9 Å². The molecule has 5 nitrogen and oxygen atoms in total. The zero-order valence-corrected chi connectivity index (χ0v) is 14.9. The van der Waals surface area contributed by atoms with Gasteiger partial charge in [0.15, 0.2) is 11.3 Å². The molecule has 132 valence electrons. The number of hydrogen-bond acceptors (Lipinski definition) is 4. The molecule has 0 bridgehead atoms. The van der Waals surface area contributed by atoms with Crippen LogP contribution in [0.15, 0.2) is 53.3 Å². The Morgan fingerprint density at radius 2 is 2.11 bits per heavy atom. The van der Waals surface area contributed by atoms with Gasteiger partial charge in [-0.1, -0.05) is 18.2 Å². The van der Waals surface area contributed by atoms with Crippen LogP contribution in [0.1, 0.15) is 23.2 Å². The molecular formula is C22H17N3O2. The number of benzene rings is 2. The molecule has 1 unspecified atom stereocenters. The van der Waals surface area contributed by atoms with Crippen LogP contribution in [0, 0.1) is 6.57 Å². The van der Waals surface area contributed by atoms with Crippen LogP contribution in [0.5, 0.6) is 5.75 Å². The minimum absolute atomic E-state index is 0.605. The summed E-state index contributed by atoms with van der Waals surface area (Å²) in [6.07, 6.45) is 5.52. The topological polar surface area (TPSA) is 52.5 Å². The number of methoxy groups -OCH3 is 1. The summed E-state index contributed by atoms with van der Waals surface area (Å²) in [5, 5.41) is 1.99. The summed E-state index contributed by atoms with van der Waals surface area (Å²) >= 11 is 0. The first kappa shape index (κ1) is 15.8. The molecule has 0 saturated heterocycles. The SMILES string of the molecule is [C-]#[N+]C1(c2ccc(OC)c3oc4ccccc4c23)CCc2ncncc2C1. The maximum absolute atomic E-state index is 8.08. The quantitative estimate of drug-likeness (QED) is 0.490. The molecule has 27 heavy (non-hydrogen) atoms. The van der Waals surface area contributed by atoms with E-state index in [9.17, 15) is 0 Å². The number of furan rings is 1. The lowest BCUT2D eigenvalue weighted by molar-refractivity contribution is 0.410. The summed E-state index contributed by atoms with van der Waals surface area (Å²) in [5.74, 6) is 0.685. The van der Waals surface area contributed by atoms with Gasteiger partial charge in [-0.3, -0.25) is 0 Å². The molecule has 2 aromatic carbocycles. The summed E-state index contributed by atoms with van der Waals surface area (Å²) < 4.78 is 11.6. The van der Waals surface area contributed by atoms with Crippen molar-refractivity contribution in [3.05, 3.63) is 77.2 Å². The van der Waals surface area contributed by atoms with Crippen molar-refractivity contribution in [3.63, 3.8) is 0 Å². The summed E-state index contributed by atoms with van der Waals surface area (Å²) in [5.41, 5.74) is 3.94. The van der Waals surface area contributed by atoms with Crippen LogP contribution in [0.25, 0.3) is 26.8 Å². The molecule has 2 aromatic heterocycles. The highest BCUT2D eigenvalue weighted by atomic mass is 16.5. The molecule has 4 aromatic rings. The highest BCUT2D eigenvalue weighted by Crippen LogP contribution is 2.46. The van der Waals surface area contributed by atoms with Gasteiger partial charge in [-0.05, 0) is 24.6 Å². The Morgan fingerprint density at radius 1 is 1.22 bits per heavy atom. The maximum Gasteiger partial charge on any atom is 0.262 e. The number of aryl methyl sites for hydroxylation is 1. The molecule has 0 spiro atoms.